The van der Waals surface area contributed by atoms with E-state index in [1.165, 1.54) is 26.2 Å². The van der Waals surface area contributed by atoms with Gasteiger partial charge >= 0.3 is 5.97 Å². The van der Waals surface area contributed by atoms with Gasteiger partial charge in [0.25, 0.3) is 5.91 Å². The lowest BCUT2D eigenvalue weighted by atomic mass is 10.2. The van der Waals surface area contributed by atoms with Crippen LogP contribution < -0.4 is 10.1 Å². The molecule has 0 aromatic heterocycles. The van der Waals surface area contributed by atoms with E-state index >= 15 is 0 Å². The van der Waals surface area contributed by atoms with Crippen LogP contribution in [0.3, 0.4) is 0 Å². The molecule has 2 rings (SSSR count). The summed E-state index contributed by atoms with van der Waals surface area (Å²) in [7, 11) is 1.41. The SMILES string of the molecule is COc1ccc(Cl)cc1C(=O)O[C@H](C)C(=O)Nc1ccccc1C#N. The molecule has 0 aliphatic rings. The van der Waals surface area contributed by atoms with Gasteiger partial charge in [-0.25, -0.2) is 4.79 Å². The maximum Gasteiger partial charge on any atom is 0.342 e. The quantitative estimate of drug-likeness (QED) is 0.827. The molecule has 1 N–H and O–H groups in total. The van der Waals surface area contributed by atoms with Crippen LogP contribution in [0, 0.1) is 11.3 Å². The number of para-hydroxylation sites is 1. The Labute approximate surface area is 149 Å². The van der Waals surface area contributed by atoms with Gasteiger partial charge in [-0.15, -0.1) is 0 Å². The van der Waals surface area contributed by atoms with Crippen LogP contribution in [0.1, 0.15) is 22.8 Å². The molecule has 6 nitrogen and oxygen atoms in total. The van der Waals surface area contributed by atoms with Crippen molar-refractivity contribution in [3.8, 4) is 11.8 Å². The first-order chi connectivity index (χ1) is 12.0. The van der Waals surface area contributed by atoms with Crippen LogP contribution in [0.4, 0.5) is 5.69 Å². The number of nitriles is 1. The molecule has 1 atom stereocenters. The first-order valence-corrected chi connectivity index (χ1v) is 7.68. The van der Waals surface area contributed by atoms with E-state index in [1.54, 1.807) is 30.3 Å². The molecule has 0 fully saturated rings. The number of carbonyl (C=O) groups excluding carboxylic acids is 2. The second kappa shape index (κ2) is 8.18. The number of esters is 1. The van der Waals surface area contributed by atoms with E-state index in [0.29, 0.717) is 16.3 Å². The summed E-state index contributed by atoms with van der Waals surface area (Å²) >= 11 is 5.88. The highest BCUT2D eigenvalue weighted by Gasteiger charge is 2.22. The van der Waals surface area contributed by atoms with E-state index < -0.39 is 18.0 Å². The van der Waals surface area contributed by atoms with Crippen molar-refractivity contribution in [2.45, 2.75) is 13.0 Å². The standard InChI is InChI=1S/C18H15ClN2O4/c1-11(17(22)21-15-6-4-3-5-12(15)10-20)25-18(23)14-9-13(19)7-8-16(14)24-2/h3-9,11H,1-2H3,(H,21,22)/t11-/m1/s1. The average Bonchev–Trinajstić information content (AvgIpc) is 2.61. The highest BCUT2D eigenvalue weighted by Crippen LogP contribution is 2.24. The Morgan fingerprint density at radius 2 is 1.96 bits per heavy atom. The Morgan fingerprint density at radius 1 is 1.24 bits per heavy atom. The number of anilines is 1. The van der Waals surface area contributed by atoms with Crippen molar-refractivity contribution in [1.29, 1.82) is 5.26 Å². The van der Waals surface area contributed by atoms with Crippen molar-refractivity contribution in [2.24, 2.45) is 0 Å². The molecule has 0 radical (unpaired) electrons. The molecule has 7 heteroatoms. The number of nitrogens with zero attached hydrogens (tertiary/aromatic N) is 1. The number of rotatable bonds is 5. The third-order valence-electron chi connectivity index (χ3n) is 3.34. The van der Waals surface area contributed by atoms with Crippen molar-refractivity contribution < 1.29 is 19.1 Å². The normalized spacial score (nSPS) is 11.1. The van der Waals surface area contributed by atoms with Crippen LogP contribution in [0.2, 0.25) is 5.02 Å². The summed E-state index contributed by atoms with van der Waals surface area (Å²) in [5, 5.41) is 11.9. The molecule has 2 aromatic carbocycles. The van der Waals surface area contributed by atoms with Crippen molar-refractivity contribution in [3.05, 3.63) is 58.6 Å². The fraction of sp³-hybridized carbons (Fsp3) is 0.167. The minimum atomic E-state index is -1.08. The Hall–Kier alpha value is -3.04. The van der Waals surface area contributed by atoms with Crippen LogP contribution in [0.5, 0.6) is 5.75 Å². The summed E-state index contributed by atoms with van der Waals surface area (Å²) in [6, 6.07) is 13.0. The van der Waals surface area contributed by atoms with Gasteiger partial charge in [0.1, 0.15) is 17.4 Å². The first-order valence-electron chi connectivity index (χ1n) is 7.30. The van der Waals surface area contributed by atoms with Crippen molar-refractivity contribution >= 4 is 29.2 Å². The molecule has 25 heavy (non-hydrogen) atoms. The molecular formula is C18H15ClN2O4. The lowest BCUT2D eigenvalue weighted by molar-refractivity contribution is -0.123. The fourth-order valence-electron chi connectivity index (χ4n) is 2.04. The summed E-state index contributed by atoms with van der Waals surface area (Å²) in [6.07, 6.45) is -1.08. The number of ether oxygens (including phenoxy) is 2. The molecule has 128 valence electrons. The number of nitrogens with one attached hydrogen (secondary N) is 1. The van der Waals surface area contributed by atoms with Gasteiger partial charge in [-0.1, -0.05) is 23.7 Å². The van der Waals surface area contributed by atoms with Crippen LogP contribution in [-0.2, 0) is 9.53 Å². The maximum absolute atomic E-state index is 12.3. The maximum atomic E-state index is 12.3. The molecule has 0 aliphatic carbocycles. The minimum Gasteiger partial charge on any atom is -0.496 e. The molecule has 0 bridgehead atoms. The zero-order valence-corrected chi connectivity index (χ0v) is 14.3. The average molecular weight is 359 g/mol. The van der Waals surface area contributed by atoms with Gasteiger partial charge < -0.3 is 14.8 Å². The van der Waals surface area contributed by atoms with Crippen molar-refractivity contribution in [1.82, 2.24) is 0 Å². The zero-order valence-electron chi connectivity index (χ0n) is 13.6. The van der Waals surface area contributed by atoms with E-state index in [4.69, 9.17) is 26.3 Å². The Morgan fingerprint density at radius 3 is 2.64 bits per heavy atom. The fourth-order valence-corrected chi connectivity index (χ4v) is 2.21. The molecule has 2 aromatic rings. The van der Waals surface area contributed by atoms with Gasteiger partial charge in [-0.05, 0) is 37.3 Å². The summed E-state index contributed by atoms with van der Waals surface area (Å²) < 4.78 is 10.3. The van der Waals surface area contributed by atoms with Crippen LogP contribution in [-0.4, -0.2) is 25.1 Å². The number of benzene rings is 2. The molecular weight excluding hydrogens is 344 g/mol. The largest absolute Gasteiger partial charge is 0.496 e. The van der Waals surface area contributed by atoms with E-state index in [-0.39, 0.29) is 11.3 Å². The second-order valence-electron chi connectivity index (χ2n) is 5.04. The molecule has 0 saturated carbocycles. The van der Waals surface area contributed by atoms with Crippen LogP contribution in [0.25, 0.3) is 0 Å². The molecule has 0 spiro atoms. The molecule has 0 saturated heterocycles. The summed E-state index contributed by atoms with van der Waals surface area (Å²) in [5.41, 5.74) is 0.774. The topological polar surface area (TPSA) is 88.4 Å². The third-order valence-corrected chi connectivity index (χ3v) is 3.57. The summed E-state index contributed by atoms with van der Waals surface area (Å²) in [5.74, 6) is -1.01. The second-order valence-corrected chi connectivity index (χ2v) is 5.48. The monoisotopic (exact) mass is 358 g/mol. The summed E-state index contributed by atoms with van der Waals surface area (Å²) in [6.45, 7) is 1.43. The number of hydrogen-bond donors (Lipinski definition) is 1. The van der Waals surface area contributed by atoms with Crippen molar-refractivity contribution in [2.75, 3.05) is 12.4 Å². The van der Waals surface area contributed by atoms with Crippen molar-refractivity contribution in [3.63, 3.8) is 0 Å². The third kappa shape index (κ3) is 4.49. The van der Waals surface area contributed by atoms with Gasteiger partial charge in [0.2, 0.25) is 0 Å². The van der Waals surface area contributed by atoms with E-state index in [9.17, 15) is 9.59 Å². The lowest BCUT2D eigenvalue weighted by Gasteiger charge is -2.15. The van der Waals surface area contributed by atoms with Gasteiger partial charge in [0.05, 0.1) is 18.4 Å². The Bertz CT molecular complexity index is 845. The number of hydrogen-bond acceptors (Lipinski definition) is 5. The highest BCUT2D eigenvalue weighted by atomic mass is 35.5. The van der Waals surface area contributed by atoms with E-state index in [1.807, 2.05) is 6.07 Å². The molecule has 0 aliphatic heterocycles. The minimum absolute atomic E-state index is 0.118. The Balaban J connectivity index is 2.10. The van der Waals surface area contributed by atoms with Crippen LogP contribution in [0.15, 0.2) is 42.5 Å². The van der Waals surface area contributed by atoms with Gasteiger partial charge in [0.15, 0.2) is 6.10 Å². The Kier molecular flexibility index (Phi) is 5.98. The van der Waals surface area contributed by atoms with E-state index in [2.05, 4.69) is 5.32 Å². The predicted octanol–water partition coefficient (Wildman–Crippen LogP) is 3.40. The van der Waals surface area contributed by atoms with Crippen LogP contribution >= 0.6 is 11.6 Å². The van der Waals surface area contributed by atoms with Gasteiger partial charge in [-0.3, -0.25) is 4.79 Å². The van der Waals surface area contributed by atoms with Gasteiger partial charge in [0, 0.05) is 5.02 Å². The number of amides is 1. The zero-order chi connectivity index (χ0) is 18.4. The predicted molar refractivity (Wildman–Crippen MR) is 92.7 cm³/mol. The number of carbonyl (C=O) groups is 2. The lowest BCUT2D eigenvalue weighted by Crippen LogP contribution is -2.30. The molecule has 0 heterocycles. The number of halogens is 1. The molecule has 1 amide bonds. The molecule has 0 unspecified atom stereocenters. The highest BCUT2D eigenvalue weighted by molar-refractivity contribution is 6.31. The van der Waals surface area contributed by atoms with E-state index in [0.717, 1.165) is 0 Å². The smallest absolute Gasteiger partial charge is 0.342 e. The number of methoxy groups -OCH3 is 1. The summed E-state index contributed by atoms with van der Waals surface area (Å²) in [4.78, 5) is 24.5. The van der Waals surface area contributed by atoms with Gasteiger partial charge in [-0.2, -0.15) is 5.26 Å². The first kappa shape index (κ1) is 18.3.